The van der Waals surface area contributed by atoms with Crippen LogP contribution in [0.4, 0.5) is 0 Å². The van der Waals surface area contributed by atoms with Gasteiger partial charge in [0.15, 0.2) is 11.5 Å². The van der Waals surface area contributed by atoms with Gasteiger partial charge in [-0.3, -0.25) is 4.79 Å². The lowest BCUT2D eigenvalue weighted by atomic mass is 10.1. The molecule has 22 heavy (non-hydrogen) atoms. The van der Waals surface area contributed by atoms with Crippen LogP contribution in [0.3, 0.4) is 0 Å². The van der Waals surface area contributed by atoms with Gasteiger partial charge in [-0.15, -0.1) is 0 Å². The van der Waals surface area contributed by atoms with E-state index >= 15 is 0 Å². The molecular weight excluding hydrogens is 278 g/mol. The molecule has 0 aliphatic heterocycles. The van der Waals surface area contributed by atoms with Gasteiger partial charge in [0.2, 0.25) is 5.91 Å². The molecule has 4 nitrogen and oxygen atoms in total. The Morgan fingerprint density at radius 1 is 1.23 bits per heavy atom. The molecule has 114 valence electrons. The van der Waals surface area contributed by atoms with E-state index in [1.54, 1.807) is 24.3 Å². The Morgan fingerprint density at radius 3 is 2.64 bits per heavy atom. The molecule has 0 bridgehead atoms. The van der Waals surface area contributed by atoms with Crippen molar-refractivity contribution in [1.29, 1.82) is 0 Å². The van der Waals surface area contributed by atoms with Crippen LogP contribution < -0.4 is 10.1 Å². The van der Waals surface area contributed by atoms with Crippen LogP contribution in [0.1, 0.15) is 16.7 Å². The number of carbonyl (C=O) groups is 1. The number of nitrogens with one attached hydrogen (secondary N) is 1. The predicted molar refractivity (Wildman–Crippen MR) is 86.7 cm³/mol. The molecule has 4 heteroatoms. The molecule has 0 fully saturated rings. The molecule has 0 aromatic heterocycles. The Balaban J connectivity index is 1.91. The van der Waals surface area contributed by atoms with Gasteiger partial charge in [-0.25, -0.2) is 0 Å². The number of ether oxygens (including phenoxy) is 1. The number of benzene rings is 2. The summed E-state index contributed by atoms with van der Waals surface area (Å²) in [6, 6.07) is 12.9. The van der Waals surface area contributed by atoms with Gasteiger partial charge < -0.3 is 15.2 Å². The van der Waals surface area contributed by atoms with Crippen molar-refractivity contribution >= 4 is 12.0 Å². The summed E-state index contributed by atoms with van der Waals surface area (Å²) < 4.78 is 5.03. The molecule has 1 amide bonds. The molecule has 2 aromatic rings. The second kappa shape index (κ2) is 7.31. The zero-order valence-electron chi connectivity index (χ0n) is 12.7. The Bertz CT molecular complexity index is 675. The number of hydrogen-bond donors (Lipinski definition) is 2. The average molecular weight is 297 g/mol. The molecule has 0 saturated carbocycles. The van der Waals surface area contributed by atoms with E-state index in [-0.39, 0.29) is 11.7 Å². The molecule has 0 saturated heterocycles. The summed E-state index contributed by atoms with van der Waals surface area (Å²) >= 11 is 0. The first-order valence-corrected chi connectivity index (χ1v) is 6.97. The number of aryl methyl sites for hydroxylation is 1. The molecule has 0 aliphatic rings. The first-order chi connectivity index (χ1) is 10.6. The first-order valence-electron chi connectivity index (χ1n) is 6.97. The fraction of sp³-hybridized carbons (Fsp3) is 0.167. The quantitative estimate of drug-likeness (QED) is 0.834. The molecule has 2 aromatic carbocycles. The maximum atomic E-state index is 11.8. The highest BCUT2D eigenvalue weighted by Gasteiger charge is 2.03. The lowest BCUT2D eigenvalue weighted by Crippen LogP contribution is -2.20. The zero-order chi connectivity index (χ0) is 15.9. The van der Waals surface area contributed by atoms with Crippen LogP contribution in [-0.4, -0.2) is 18.1 Å². The third-order valence-electron chi connectivity index (χ3n) is 3.22. The fourth-order valence-electron chi connectivity index (χ4n) is 1.93. The molecule has 0 radical (unpaired) electrons. The second-order valence-corrected chi connectivity index (χ2v) is 4.97. The smallest absolute Gasteiger partial charge is 0.244 e. The third kappa shape index (κ3) is 4.38. The largest absolute Gasteiger partial charge is 0.504 e. The third-order valence-corrected chi connectivity index (χ3v) is 3.22. The van der Waals surface area contributed by atoms with E-state index in [4.69, 9.17) is 4.74 Å². The van der Waals surface area contributed by atoms with Crippen molar-refractivity contribution in [1.82, 2.24) is 5.32 Å². The topological polar surface area (TPSA) is 58.6 Å². The highest BCUT2D eigenvalue weighted by molar-refractivity contribution is 5.91. The molecule has 0 unspecified atom stereocenters. The lowest BCUT2D eigenvalue weighted by Gasteiger charge is -2.07. The second-order valence-electron chi connectivity index (χ2n) is 4.97. The highest BCUT2D eigenvalue weighted by Crippen LogP contribution is 2.26. The molecule has 0 spiro atoms. The van der Waals surface area contributed by atoms with Gasteiger partial charge in [0.25, 0.3) is 0 Å². The maximum Gasteiger partial charge on any atom is 0.244 e. The number of amides is 1. The summed E-state index contributed by atoms with van der Waals surface area (Å²) in [5.41, 5.74) is 3.02. The SMILES string of the molecule is COc1cc(CNC(=O)C=Cc2ccc(C)cc2)ccc1O. The van der Waals surface area contributed by atoms with Gasteiger partial charge in [0.1, 0.15) is 0 Å². The Morgan fingerprint density at radius 2 is 1.95 bits per heavy atom. The zero-order valence-corrected chi connectivity index (χ0v) is 12.7. The van der Waals surface area contributed by atoms with Crippen LogP contribution in [0, 0.1) is 6.92 Å². The van der Waals surface area contributed by atoms with Gasteiger partial charge >= 0.3 is 0 Å². The summed E-state index contributed by atoms with van der Waals surface area (Å²) in [6.07, 6.45) is 3.27. The van der Waals surface area contributed by atoms with Crippen LogP contribution in [0.25, 0.3) is 6.08 Å². The van der Waals surface area contributed by atoms with E-state index in [0.29, 0.717) is 12.3 Å². The summed E-state index contributed by atoms with van der Waals surface area (Å²) in [7, 11) is 1.49. The number of rotatable bonds is 5. The van der Waals surface area contributed by atoms with E-state index in [0.717, 1.165) is 11.1 Å². The van der Waals surface area contributed by atoms with E-state index < -0.39 is 0 Å². The molecule has 2 rings (SSSR count). The first kappa shape index (κ1) is 15.6. The Labute approximate surface area is 130 Å². The molecule has 2 N–H and O–H groups in total. The summed E-state index contributed by atoms with van der Waals surface area (Å²) in [5.74, 6) is 0.298. The van der Waals surface area contributed by atoms with E-state index in [1.807, 2.05) is 31.2 Å². The minimum Gasteiger partial charge on any atom is -0.504 e. The maximum absolute atomic E-state index is 11.8. The van der Waals surface area contributed by atoms with Crippen molar-refractivity contribution in [3.63, 3.8) is 0 Å². The van der Waals surface area contributed by atoms with Gasteiger partial charge in [0, 0.05) is 12.6 Å². The summed E-state index contributed by atoms with van der Waals surface area (Å²) in [4.78, 5) is 11.8. The van der Waals surface area contributed by atoms with Crippen LogP contribution in [0.5, 0.6) is 11.5 Å². The predicted octanol–water partition coefficient (Wildman–Crippen LogP) is 3.04. The van der Waals surface area contributed by atoms with Gasteiger partial charge in [-0.2, -0.15) is 0 Å². The molecular formula is C18H19NO3. The van der Waals surface area contributed by atoms with Gasteiger partial charge in [-0.05, 0) is 36.3 Å². The minimum absolute atomic E-state index is 0.0804. The van der Waals surface area contributed by atoms with Crippen LogP contribution in [0.2, 0.25) is 0 Å². The number of phenols is 1. The molecule has 0 aliphatic carbocycles. The number of phenolic OH excluding ortho intramolecular Hbond substituents is 1. The molecule has 0 heterocycles. The van der Waals surface area contributed by atoms with Crippen molar-refractivity contribution in [2.24, 2.45) is 0 Å². The monoisotopic (exact) mass is 297 g/mol. The van der Waals surface area contributed by atoms with Gasteiger partial charge in [-0.1, -0.05) is 35.9 Å². The summed E-state index contributed by atoms with van der Waals surface area (Å²) in [5, 5.41) is 12.3. The minimum atomic E-state index is -0.174. The van der Waals surface area contributed by atoms with E-state index in [2.05, 4.69) is 5.32 Å². The standard InChI is InChI=1S/C18H19NO3/c1-13-3-5-14(6-4-13)8-10-18(21)19-12-15-7-9-16(20)17(11-15)22-2/h3-11,20H,12H2,1-2H3,(H,19,21). The van der Waals surface area contributed by atoms with Crippen molar-refractivity contribution in [2.45, 2.75) is 13.5 Å². The van der Waals surface area contributed by atoms with Crippen molar-refractivity contribution < 1.29 is 14.6 Å². The van der Waals surface area contributed by atoms with E-state index in [1.165, 1.54) is 18.7 Å². The highest BCUT2D eigenvalue weighted by atomic mass is 16.5. The van der Waals surface area contributed by atoms with Crippen LogP contribution in [0.15, 0.2) is 48.5 Å². The molecule has 0 atom stereocenters. The van der Waals surface area contributed by atoms with Crippen LogP contribution in [-0.2, 0) is 11.3 Å². The summed E-state index contributed by atoms with van der Waals surface area (Å²) in [6.45, 7) is 2.39. The average Bonchev–Trinajstić information content (AvgIpc) is 2.53. The normalized spacial score (nSPS) is 10.6. The number of carbonyl (C=O) groups excluding carboxylic acids is 1. The lowest BCUT2D eigenvalue weighted by molar-refractivity contribution is -0.116. The number of aromatic hydroxyl groups is 1. The van der Waals surface area contributed by atoms with Crippen molar-refractivity contribution in [3.05, 3.63) is 65.2 Å². The van der Waals surface area contributed by atoms with Gasteiger partial charge in [0.05, 0.1) is 7.11 Å². The van der Waals surface area contributed by atoms with Crippen molar-refractivity contribution in [2.75, 3.05) is 7.11 Å². The fourth-order valence-corrected chi connectivity index (χ4v) is 1.93. The van der Waals surface area contributed by atoms with Crippen molar-refractivity contribution in [3.8, 4) is 11.5 Å². The Hall–Kier alpha value is -2.75. The number of hydrogen-bond acceptors (Lipinski definition) is 3. The van der Waals surface area contributed by atoms with E-state index in [9.17, 15) is 9.90 Å². The Kier molecular flexibility index (Phi) is 5.20. The van der Waals surface area contributed by atoms with Crippen LogP contribution >= 0.6 is 0 Å². The number of methoxy groups -OCH3 is 1.